The molecule has 2 fully saturated rings. The first-order valence-electron chi connectivity index (χ1n) is 10.5. The molecule has 2 saturated heterocycles. The average molecular weight is 398 g/mol. The molecule has 1 atom stereocenters. The first kappa shape index (κ1) is 19.9. The maximum Gasteiger partial charge on any atom is 0.237 e. The van der Waals surface area contributed by atoms with Crippen molar-refractivity contribution >= 4 is 22.5 Å². The lowest BCUT2D eigenvalue weighted by Crippen LogP contribution is -2.49. The molecule has 1 amide bonds. The fourth-order valence-electron chi connectivity index (χ4n) is 4.54. The van der Waals surface area contributed by atoms with E-state index in [1.807, 2.05) is 23.2 Å². The van der Waals surface area contributed by atoms with E-state index in [0.29, 0.717) is 12.6 Å². The molecule has 1 aromatic carbocycles. The third-order valence-corrected chi connectivity index (χ3v) is 6.37. The average Bonchev–Trinajstić information content (AvgIpc) is 3.19. The fourth-order valence-corrected chi connectivity index (χ4v) is 4.54. The zero-order valence-corrected chi connectivity index (χ0v) is 17.4. The molecule has 0 saturated carbocycles. The molecule has 1 aromatic heterocycles. The molecule has 2 aromatic rings. The summed E-state index contributed by atoms with van der Waals surface area (Å²) in [6.07, 6.45) is 5.84. The second-order valence-corrected chi connectivity index (χ2v) is 8.14. The molecule has 4 rings (SSSR count). The van der Waals surface area contributed by atoms with Crippen molar-refractivity contribution in [2.45, 2.75) is 37.9 Å². The minimum absolute atomic E-state index is 0.0924. The van der Waals surface area contributed by atoms with E-state index in [1.165, 1.54) is 0 Å². The Hall–Kier alpha value is -2.38. The van der Waals surface area contributed by atoms with Crippen LogP contribution in [-0.2, 0) is 4.79 Å². The third-order valence-electron chi connectivity index (χ3n) is 6.37. The maximum absolute atomic E-state index is 12.5. The summed E-state index contributed by atoms with van der Waals surface area (Å²) in [4.78, 5) is 23.6. The van der Waals surface area contributed by atoms with Crippen LogP contribution in [0.15, 0.2) is 30.5 Å². The van der Waals surface area contributed by atoms with Crippen molar-refractivity contribution < 1.29 is 9.53 Å². The number of amides is 1. The molecule has 7 heteroatoms. The normalized spacial score (nSPS) is 20.9. The molecular formula is C22H31N5O2. The van der Waals surface area contributed by atoms with E-state index in [1.54, 1.807) is 7.11 Å². The number of rotatable bonds is 5. The van der Waals surface area contributed by atoms with Crippen LogP contribution in [0.5, 0.6) is 5.75 Å². The summed E-state index contributed by atoms with van der Waals surface area (Å²) in [7, 11) is 3.81. The van der Waals surface area contributed by atoms with Crippen molar-refractivity contribution in [3.05, 3.63) is 30.5 Å². The standard InChI is InChI=1S/C22H31N5O2/c1-25(18-13-16-5-3-6-19(29-2)22(16)24-14-18)17-8-11-26(12-9-17)15-21(28)27-10-4-7-20(27)23/h3,5-6,13-14,17,20H,4,7-12,15,23H2,1-2H3/t20-/m0/s1. The molecule has 0 radical (unpaired) electrons. The lowest BCUT2D eigenvalue weighted by atomic mass is 10.0. The van der Waals surface area contributed by atoms with Gasteiger partial charge in [0.15, 0.2) is 0 Å². The van der Waals surface area contributed by atoms with Crippen LogP contribution < -0.4 is 15.4 Å². The van der Waals surface area contributed by atoms with Crippen molar-refractivity contribution in [3.63, 3.8) is 0 Å². The number of aromatic nitrogens is 1. The van der Waals surface area contributed by atoms with Crippen molar-refractivity contribution in [1.29, 1.82) is 0 Å². The highest BCUT2D eigenvalue weighted by Gasteiger charge is 2.29. The molecule has 0 bridgehead atoms. The van der Waals surface area contributed by atoms with E-state index in [9.17, 15) is 4.79 Å². The lowest BCUT2D eigenvalue weighted by molar-refractivity contribution is -0.133. The van der Waals surface area contributed by atoms with Gasteiger partial charge >= 0.3 is 0 Å². The van der Waals surface area contributed by atoms with Gasteiger partial charge in [0, 0.05) is 38.1 Å². The number of methoxy groups -OCH3 is 1. The topological polar surface area (TPSA) is 74.9 Å². The Labute approximate surface area is 172 Å². The molecule has 2 N–H and O–H groups in total. The van der Waals surface area contributed by atoms with E-state index in [2.05, 4.69) is 34.0 Å². The first-order chi connectivity index (χ1) is 14.1. The maximum atomic E-state index is 12.5. The summed E-state index contributed by atoms with van der Waals surface area (Å²) in [6, 6.07) is 8.62. The molecular weight excluding hydrogens is 366 g/mol. The van der Waals surface area contributed by atoms with Gasteiger partial charge in [0.05, 0.1) is 31.7 Å². The van der Waals surface area contributed by atoms with Gasteiger partial charge in [-0.1, -0.05) is 12.1 Å². The SMILES string of the molecule is COc1cccc2cc(N(C)C3CCN(CC(=O)N4CCC[C@H]4N)CC3)cnc12. The number of nitrogens with zero attached hydrogens (tertiary/aromatic N) is 4. The van der Waals surface area contributed by atoms with Gasteiger partial charge in [0.1, 0.15) is 11.3 Å². The molecule has 0 unspecified atom stereocenters. The molecule has 156 valence electrons. The number of hydrogen-bond donors (Lipinski definition) is 1. The number of pyridine rings is 1. The Kier molecular flexibility index (Phi) is 5.87. The van der Waals surface area contributed by atoms with Gasteiger partial charge in [-0.2, -0.15) is 0 Å². The van der Waals surface area contributed by atoms with Crippen molar-refractivity contribution in [2.24, 2.45) is 5.73 Å². The van der Waals surface area contributed by atoms with E-state index in [-0.39, 0.29) is 12.1 Å². The number of nitrogens with two attached hydrogens (primary N) is 1. The van der Waals surface area contributed by atoms with Crippen LogP contribution in [0.25, 0.3) is 10.9 Å². The van der Waals surface area contributed by atoms with Gasteiger partial charge in [0.2, 0.25) is 5.91 Å². The van der Waals surface area contributed by atoms with E-state index in [0.717, 1.165) is 67.7 Å². The predicted molar refractivity (Wildman–Crippen MR) is 115 cm³/mol. The minimum Gasteiger partial charge on any atom is -0.494 e. The van der Waals surface area contributed by atoms with Crippen LogP contribution in [-0.4, -0.2) is 73.2 Å². The Morgan fingerprint density at radius 1 is 1.28 bits per heavy atom. The monoisotopic (exact) mass is 397 g/mol. The number of anilines is 1. The second kappa shape index (κ2) is 8.55. The van der Waals surface area contributed by atoms with Crippen molar-refractivity contribution in [3.8, 4) is 5.75 Å². The summed E-state index contributed by atoms with van der Waals surface area (Å²) < 4.78 is 5.41. The van der Waals surface area contributed by atoms with Crippen LogP contribution >= 0.6 is 0 Å². The Balaban J connectivity index is 1.36. The highest BCUT2D eigenvalue weighted by Crippen LogP contribution is 2.28. The molecule has 29 heavy (non-hydrogen) atoms. The van der Waals surface area contributed by atoms with E-state index in [4.69, 9.17) is 10.5 Å². The van der Waals surface area contributed by atoms with Gasteiger partial charge in [0.25, 0.3) is 0 Å². The van der Waals surface area contributed by atoms with Crippen molar-refractivity contribution in [2.75, 3.05) is 45.2 Å². The summed E-state index contributed by atoms with van der Waals surface area (Å²) >= 11 is 0. The molecule has 0 spiro atoms. The lowest BCUT2D eigenvalue weighted by Gasteiger charge is -2.38. The highest BCUT2D eigenvalue weighted by molar-refractivity contribution is 5.86. The molecule has 2 aliphatic heterocycles. The van der Waals surface area contributed by atoms with Gasteiger partial charge in [-0.15, -0.1) is 0 Å². The van der Waals surface area contributed by atoms with Crippen LogP contribution in [0.2, 0.25) is 0 Å². The van der Waals surface area contributed by atoms with Crippen LogP contribution in [0.3, 0.4) is 0 Å². The zero-order valence-electron chi connectivity index (χ0n) is 17.4. The number of carbonyl (C=O) groups is 1. The highest BCUT2D eigenvalue weighted by atomic mass is 16.5. The van der Waals surface area contributed by atoms with Gasteiger partial charge in [-0.25, -0.2) is 0 Å². The smallest absolute Gasteiger partial charge is 0.237 e. The van der Waals surface area contributed by atoms with E-state index < -0.39 is 0 Å². The number of para-hydroxylation sites is 1. The molecule has 7 nitrogen and oxygen atoms in total. The Morgan fingerprint density at radius 2 is 2.07 bits per heavy atom. The van der Waals surface area contributed by atoms with E-state index >= 15 is 0 Å². The number of likely N-dealkylation sites (tertiary alicyclic amines) is 2. The number of hydrogen-bond acceptors (Lipinski definition) is 6. The van der Waals surface area contributed by atoms with Crippen LogP contribution in [0, 0.1) is 0 Å². The summed E-state index contributed by atoms with van der Waals surface area (Å²) in [6.45, 7) is 3.15. The number of piperidine rings is 1. The largest absolute Gasteiger partial charge is 0.494 e. The summed E-state index contributed by atoms with van der Waals surface area (Å²) in [5, 5.41) is 1.08. The number of ether oxygens (including phenoxy) is 1. The summed E-state index contributed by atoms with van der Waals surface area (Å²) in [5.41, 5.74) is 8.04. The number of fused-ring (bicyclic) bond motifs is 1. The molecule has 0 aliphatic carbocycles. The Morgan fingerprint density at radius 3 is 2.76 bits per heavy atom. The minimum atomic E-state index is -0.0924. The quantitative estimate of drug-likeness (QED) is 0.832. The fraction of sp³-hybridized carbons (Fsp3) is 0.545. The predicted octanol–water partition coefficient (Wildman–Crippen LogP) is 2.05. The van der Waals surface area contributed by atoms with Crippen LogP contribution in [0.4, 0.5) is 5.69 Å². The Bertz CT molecular complexity index is 865. The third kappa shape index (κ3) is 4.16. The van der Waals surface area contributed by atoms with Crippen molar-refractivity contribution in [1.82, 2.24) is 14.8 Å². The summed E-state index contributed by atoms with van der Waals surface area (Å²) in [5.74, 6) is 0.974. The molecule has 3 heterocycles. The number of carbonyl (C=O) groups excluding carboxylic acids is 1. The van der Waals surface area contributed by atoms with Gasteiger partial charge < -0.3 is 20.3 Å². The van der Waals surface area contributed by atoms with Gasteiger partial charge in [-0.3, -0.25) is 14.7 Å². The van der Waals surface area contributed by atoms with Gasteiger partial charge in [-0.05, 0) is 37.8 Å². The first-order valence-corrected chi connectivity index (χ1v) is 10.5. The molecule has 2 aliphatic rings. The van der Waals surface area contributed by atoms with Crippen LogP contribution in [0.1, 0.15) is 25.7 Å². The number of benzene rings is 1. The second-order valence-electron chi connectivity index (χ2n) is 8.14. The zero-order chi connectivity index (χ0) is 20.4.